The van der Waals surface area contributed by atoms with Crippen LogP contribution in [0.1, 0.15) is 27.0 Å². The highest BCUT2D eigenvalue weighted by Gasteiger charge is 1.96. The third-order valence-electron chi connectivity index (χ3n) is 2.56. The van der Waals surface area contributed by atoms with E-state index in [1.807, 2.05) is 49.4 Å². The minimum absolute atomic E-state index is 0.633. The maximum absolute atomic E-state index is 10.8. The van der Waals surface area contributed by atoms with Crippen molar-refractivity contribution >= 4 is 6.29 Å². The molecule has 2 aromatic rings. The van der Waals surface area contributed by atoms with Crippen LogP contribution in [0.2, 0.25) is 0 Å². The van der Waals surface area contributed by atoms with Gasteiger partial charge in [0, 0.05) is 16.7 Å². The molecule has 0 unspecified atom stereocenters. The molecule has 0 aromatic heterocycles. The molecule has 2 aromatic carbocycles. The number of carbonyl (C=O) groups is 1. The number of carbonyl (C=O) groups excluding carboxylic acids is 1. The lowest BCUT2D eigenvalue weighted by Crippen LogP contribution is -1.86. The van der Waals surface area contributed by atoms with Crippen molar-refractivity contribution < 1.29 is 4.79 Å². The fourth-order valence-electron chi connectivity index (χ4n) is 1.56. The van der Waals surface area contributed by atoms with Gasteiger partial charge >= 0.3 is 0 Å². The van der Waals surface area contributed by atoms with Crippen molar-refractivity contribution in [2.45, 2.75) is 6.92 Å². The van der Waals surface area contributed by atoms with E-state index in [-0.39, 0.29) is 0 Å². The Kier molecular flexibility index (Phi) is 3.37. The quantitative estimate of drug-likeness (QED) is 0.532. The van der Waals surface area contributed by atoms with Crippen LogP contribution in [0.4, 0.5) is 0 Å². The van der Waals surface area contributed by atoms with Gasteiger partial charge in [-0.2, -0.15) is 0 Å². The molecule has 82 valence electrons. The molecule has 0 saturated carbocycles. The Labute approximate surface area is 101 Å². The van der Waals surface area contributed by atoms with Gasteiger partial charge in [0.15, 0.2) is 6.29 Å². The summed E-state index contributed by atoms with van der Waals surface area (Å²) < 4.78 is 0. The van der Waals surface area contributed by atoms with E-state index >= 15 is 0 Å². The number of hydrogen-bond acceptors (Lipinski definition) is 1. The summed E-state index contributed by atoms with van der Waals surface area (Å²) in [6, 6.07) is 15.3. The molecule has 0 fully saturated rings. The summed E-state index contributed by atoms with van der Waals surface area (Å²) in [6.45, 7) is 2.02. The second-order valence-electron chi connectivity index (χ2n) is 3.77. The van der Waals surface area contributed by atoms with Crippen LogP contribution in [0.15, 0.2) is 48.5 Å². The summed E-state index contributed by atoms with van der Waals surface area (Å²) in [6.07, 6.45) is 0.835. The van der Waals surface area contributed by atoms with Crippen LogP contribution in [0, 0.1) is 18.8 Å². The Morgan fingerprint density at radius 2 is 1.47 bits per heavy atom. The SMILES string of the molecule is Cc1ccccc1C#Cc1ccccc1C=O. The van der Waals surface area contributed by atoms with E-state index in [1.165, 1.54) is 0 Å². The summed E-state index contributed by atoms with van der Waals surface area (Å²) in [5, 5.41) is 0. The lowest BCUT2D eigenvalue weighted by molar-refractivity contribution is 0.112. The third kappa shape index (κ3) is 2.62. The van der Waals surface area contributed by atoms with Crippen molar-refractivity contribution in [3.05, 3.63) is 70.8 Å². The fraction of sp³-hybridized carbons (Fsp3) is 0.0625. The van der Waals surface area contributed by atoms with Gasteiger partial charge in [0.2, 0.25) is 0 Å². The van der Waals surface area contributed by atoms with Crippen LogP contribution >= 0.6 is 0 Å². The Bertz CT molecular complexity index is 600. The van der Waals surface area contributed by atoms with Gasteiger partial charge in [0.05, 0.1) is 0 Å². The van der Waals surface area contributed by atoms with Gasteiger partial charge in [-0.15, -0.1) is 0 Å². The zero-order valence-corrected chi connectivity index (χ0v) is 9.60. The molecule has 0 aliphatic heterocycles. The van der Waals surface area contributed by atoms with Gasteiger partial charge in [-0.1, -0.05) is 48.2 Å². The van der Waals surface area contributed by atoms with E-state index in [1.54, 1.807) is 6.07 Å². The topological polar surface area (TPSA) is 17.1 Å². The Hall–Kier alpha value is -2.33. The standard InChI is InChI=1S/C16H12O/c1-13-6-2-3-7-14(13)10-11-15-8-4-5-9-16(15)12-17/h2-9,12H,1H3. The first-order valence-corrected chi connectivity index (χ1v) is 5.43. The van der Waals surface area contributed by atoms with Gasteiger partial charge < -0.3 is 0 Å². The minimum Gasteiger partial charge on any atom is -0.298 e. The van der Waals surface area contributed by atoms with Gasteiger partial charge in [-0.25, -0.2) is 0 Å². The number of hydrogen-bond donors (Lipinski definition) is 0. The molecule has 1 heteroatoms. The molecule has 0 heterocycles. The fourth-order valence-corrected chi connectivity index (χ4v) is 1.56. The van der Waals surface area contributed by atoms with Gasteiger partial charge in [0.25, 0.3) is 0 Å². The predicted molar refractivity (Wildman–Crippen MR) is 69.0 cm³/mol. The first-order chi connectivity index (χ1) is 8.31. The molecule has 0 bridgehead atoms. The second-order valence-corrected chi connectivity index (χ2v) is 3.77. The highest BCUT2D eigenvalue weighted by Crippen LogP contribution is 2.07. The lowest BCUT2D eigenvalue weighted by Gasteiger charge is -1.96. The molecular weight excluding hydrogens is 208 g/mol. The smallest absolute Gasteiger partial charge is 0.151 e. The highest BCUT2D eigenvalue weighted by atomic mass is 16.1. The van der Waals surface area contributed by atoms with Crippen molar-refractivity contribution in [2.24, 2.45) is 0 Å². The molecule has 0 aliphatic carbocycles. The van der Waals surface area contributed by atoms with Gasteiger partial charge in [-0.3, -0.25) is 4.79 Å². The zero-order chi connectivity index (χ0) is 12.1. The molecular formula is C16H12O. The number of aldehydes is 1. The predicted octanol–water partition coefficient (Wildman–Crippen LogP) is 3.21. The Morgan fingerprint density at radius 3 is 2.18 bits per heavy atom. The maximum Gasteiger partial charge on any atom is 0.151 e. The molecule has 0 amide bonds. The van der Waals surface area contributed by atoms with Crippen LogP contribution < -0.4 is 0 Å². The van der Waals surface area contributed by atoms with Crippen LogP contribution in [-0.2, 0) is 0 Å². The largest absolute Gasteiger partial charge is 0.298 e. The van der Waals surface area contributed by atoms with Crippen LogP contribution in [0.3, 0.4) is 0 Å². The average molecular weight is 220 g/mol. The molecule has 0 N–H and O–H groups in total. The van der Waals surface area contributed by atoms with Crippen molar-refractivity contribution in [2.75, 3.05) is 0 Å². The van der Waals surface area contributed by atoms with Crippen molar-refractivity contribution in [1.82, 2.24) is 0 Å². The van der Waals surface area contributed by atoms with Crippen molar-refractivity contribution in [3.8, 4) is 11.8 Å². The average Bonchev–Trinajstić information content (AvgIpc) is 2.38. The van der Waals surface area contributed by atoms with E-state index < -0.39 is 0 Å². The van der Waals surface area contributed by atoms with E-state index in [0.29, 0.717) is 5.56 Å². The van der Waals surface area contributed by atoms with Crippen LogP contribution in [-0.4, -0.2) is 6.29 Å². The summed E-state index contributed by atoms with van der Waals surface area (Å²) in [4.78, 5) is 10.8. The van der Waals surface area contributed by atoms with E-state index in [9.17, 15) is 4.79 Å². The third-order valence-corrected chi connectivity index (χ3v) is 2.56. The number of benzene rings is 2. The molecule has 0 atom stereocenters. The molecule has 0 saturated heterocycles. The molecule has 0 radical (unpaired) electrons. The highest BCUT2D eigenvalue weighted by molar-refractivity contribution is 5.79. The van der Waals surface area contributed by atoms with E-state index in [0.717, 1.165) is 23.0 Å². The Morgan fingerprint density at radius 1 is 0.882 bits per heavy atom. The summed E-state index contributed by atoms with van der Waals surface area (Å²) in [5.74, 6) is 6.14. The van der Waals surface area contributed by atoms with E-state index in [4.69, 9.17) is 0 Å². The monoisotopic (exact) mass is 220 g/mol. The summed E-state index contributed by atoms with van der Waals surface area (Å²) in [5.41, 5.74) is 3.54. The number of aryl methyl sites for hydroxylation is 1. The molecule has 2 rings (SSSR count). The van der Waals surface area contributed by atoms with Crippen molar-refractivity contribution in [1.29, 1.82) is 0 Å². The molecule has 0 aliphatic rings. The second kappa shape index (κ2) is 5.14. The normalized spacial score (nSPS) is 9.24. The molecule has 1 nitrogen and oxygen atoms in total. The molecule has 0 spiro atoms. The maximum atomic E-state index is 10.8. The summed E-state index contributed by atoms with van der Waals surface area (Å²) >= 11 is 0. The van der Waals surface area contributed by atoms with Gasteiger partial charge in [-0.05, 0) is 24.6 Å². The first-order valence-electron chi connectivity index (χ1n) is 5.43. The Balaban J connectivity index is 2.40. The summed E-state index contributed by atoms with van der Waals surface area (Å²) in [7, 11) is 0. The van der Waals surface area contributed by atoms with E-state index in [2.05, 4.69) is 11.8 Å². The minimum atomic E-state index is 0.633. The van der Waals surface area contributed by atoms with Gasteiger partial charge in [0.1, 0.15) is 0 Å². The van der Waals surface area contributed by atoms with Crippen LogP contribution in [0.5, 0.6) is 0 Å². The lowest BCUT2D eigenvalue weighted by atomic mass is 10.1. The van der Waals surface area contributed by atoms with Crippen molar-refractivity contribution in [3.63, 3.8) is 0 Å². The first kappa shape index (κ1) is 11.2. The zero-order valence-electron chi connectivity index (χ0n) is 9.60. The number of rotatable bonds is 1. The molecule has 17 heavy (non-hydrogen) atoms. The van der Waals surface area contributed by atoms with Crippen LogP contribution in [0.25, 0.3) is 0 Å².